The molecule has 0 aromatic heterocycles. The van der Waals surface area contributed by atoms with E-state index in [0.29, 0.717) is 6.04 Å². The number of benzene rings is 1. The summed E-state index contributed by atoms with van der Waals surface area (Å²) in [5, 5.41) is 3.40. The van der Waals surface area contributed by atoms with Gasteiger partial charge in [-0.1, -0.05) is 50.3 Å². The summed E-state index contributed by atoms with van der Waals surface area (Å²) >= 11 is 0. The second-order valence-corrected chi connectivity index (χ2v) is 5.13. The zero-order valence-corrected chi connectivity index (χ0v) is 11.9. The lowest BCUT2D eigenvalue weighted by molar-refractivity contribution is 0.305. The van der Waals surface area contributed by atoms with Gasteiger partial charge in [0.2, 0.25) is 0 Å². The van der Waals surface area contributed by atoms with Gasteiger partial charge < -0.3 is 10.1 Å². The van der Waals surface area contributed by atoms with Crippen molar-refractivity contribution in [3.05, 3.63) is 47.6 Å². The van der Waals surface area contributed by atoms with Crippen LogP contribution in [0.15, 0.2) is 36.4 Å². The highest BCUT2D eigenvalue weighted by atomic mass is 16.5. The van der Waals surface area contributed by atoms with Crippen LogP contribution < -0.4 is 10.1 Å². The van der Waals surface area contributed by atoms with Crippen molar-refractivity contribution in [1.29, 1.82) is 0 Å². The molecular formula is C17H23NO. The molecule has 1 aliphatic rings. The molecule has 0 heterocycles. The molecule has 2 nitrogen and oxygen atoms in total. The Labute approximate surface area is 116 Å². The van der Waals surface area contributed by atoms with E-state index in [-0.39, 0.29) is 0 Å². The summed E-state index contributed by atoms with van der Waals surface area (Å²) in [6, 6.07) is 6.85. The van der Waals surface area contributed by atoms with Gasteiger partial charge in [-0.05, 0) is 31.0 Å². The van der Waals surface area contributed by atoms with Crippen molar-refractivity contribution in [3.63, 3.8) is 0 Å². The van der Waals surface area contributed by atoms with Crippen molar-refractivity contribution < 1.29 is 4.74 Å². The summed E-state index contributed by atoms with van der Waals surface area (Å²) < 4.78 is 5.92. The molecule has 0 unspecified atom stereocenters. The minimum Gasteiger partial charge on any atom is -0.493 e. The van der Waals surface area contributed by atoms with Gasteiger partial charge in [-0.15, -0.1) is 0 Å². The maximum atomic E-state index is 5.92. The van der Waals surface area contributed by atoms with Gasteiger partial charge in [-0.3, -0.25) is 0 Å². The van der Waals surface area contributed by atoms with Crippen molar-refractivity contribution >= 4 is 6.08 Å². The van der Waals surface area contributed by atoms with Crippen LogP contribution in [-0.2, 0) is 6.42 Å². The maximum Gasteiger partial charge on any atom is 0.126 e. The van der Waals surface area contributed by atoms with Gasteiger partial charge in [0.15, 0.2) is 0 Å². The third-order valence-electron chi connectivity index (χ3n) is 3.14. The molecule has 2 heteroatoms. The molecule has 0 saturated carbocycles. The van der Waals surface area contributed by atoms with Gasteiger partial charge in [0.25, 0.3) is 0 Å². The van der Waals surface area contributed by atoms with Crippen LogP contribution in [0.25, 0.3) is 6.08 Å². The van der Waals surface area contributed by atoms with Gasteiger partial charge in [-0.2, -0.15) is 0 Å². The molecule has 0 bridgehead atoms. The highest BCUT2D eigenvalue weighted by Gasteiger charge is 2.07. The second kappa shape index (κ2) is 7.15. The number of hydrogen-bond acceptors (Lipinski definition) is 2. The average molecular weight is 257 g/mol. The van der Waals surface area contributed by atoms with Gasteiger partial charge in [-0.25, -0.2) is 0 Å². The van der Waals surface area contributed by atoms with Gasteiger partial charge in [0.1, 0.15) is 5.75 Å². The molecular weight excluding hydrogens is 234 g/mol. The molecule has 0 amide bonds. The lowest BCUT2D eigenvalue weighted by atomic mass is 10.0. The minimum atomic E-state index is 0.544. The zero-order valence-electron chi connectivity index (χ0n) is 11.9. The minimum absolute atomic E-state index is 0.544. The molecule has 0 atom stereocenters. The molecule has 0 radical (unpaired) electrons. The van der Waals surface area contributed by atoms with E-state index < -0.39 is 0 Å². The first-order valence-corrected chi connectivity index (χ1v) is 7.08. The van der Waals surface area contributed by atoms with Crippen LogP contribution in [0.2, 0.25) is 0 Å². The Bertz CT molecular complexity index is 460. The summed E-state index contributed by atoms with van der Waals surface area (Å²) in [4.78, 5) is 0. The van der Waals surface area contributed by atoms with Gasteiger partial charge in [0.05, 0.1) is 6.61 Å². The lowest BCUT2D eigenvalue weighted by Gasteiger charge is -2.13. The van der Waals surface area contributed by atoms with E-state index in [0.717, 1.165) is 31.7 Å². The van der Waals surface area contributed by atoms with E-state index in [1.54, 1.807) is 0 Å². The predicted molar refractivity (Wildman–Crippen MR) is 81.6 cm³/mol. The molecule has 1 N–H and O–H groups in total. The Hall–Kier alpha value is -1.54. The summed E-state index contributed by atoms with van der Waals surface area (Å²) in [7, 11) is 0. The van der Waals surface area contributed by atoms with Crippen LogP contribution >= 0.6 is 0 Å². The van der Waals surface area contributed by atoms with Crippen molar-refractivity contribution in [2.45, 2.75) is 32.7 Å². The van der Waals surface area contributed by atoms with Crippen LogP contribution in [0.5, 0.6) is 5.75 Å². The third kappa shape index (κ3) is 4.25. The highest BCUT2D eigenvalue weighted by Crippen LogP contribution is 2.26. The first-order valence-electron chi connectivity index (χ1n) is 7.08. The summed E-state index contributed by atoms with van der Waals surface area (Å²) in [6.07, 6.45) is 10.5. The standard InChI is InChI=1S/C17H23NO/c1-14(2)18-12-7-13-19-17-11-6-9-15-8-4-3-5-10-16(15)17/h3-6,9-11,14,18H,7-8,12-13H2,1-2H3. The van der Waals surface area contributed by atoms with Crippen LogP contribution in [0.1, 0.15) is 31.4 Å². The van der Waals surface area contributed by atoms with Crippen LogP contribution in [-0.4, -0.2) is 19.2 Å². The number of allylic oxidation sites excluding steroid dienone is 3. The van der Waals surface area contributed by atoms with Gasteiger partial charge >= 0.3 is 0 Å². The Morgan fingerprint density at radius 2 is 2.16 bits per heavy atom. The second-order valence-electron chi connectivity index (χ2n) is 5.13. The largest absolute Gasteiger partial charge is 0.493 e. The van der Waals surface area contributed by atoms with E-state index in [4.69, 9.17) is 4.74 Å². The Morgan fingerprint density at radius 3 is 3.00 bits per heavy atom. The first-order chi connectivity index (χ1) is 9.27. The fourth-order valence-corrected chi connectivity index (χ4v) is 2.15. The third-order valence-corrected chi connectivity index (χ3v) is 3.14. The molecule has 0 saturated heterocycles. The number of nitrogens with one attached hydrogen (secondary N) is 1. The molecule has 1 aliphatic carbocycles. The molecule has 19 heavy (non-hydrogen) atoms. The SMILES string of the molecule is CC(C)NCCCOc1cccc2c1C=CC=CC2. The Morgan fingerprint density at radius 1 is 1.26 bits per heavy atom. The van der Waals surface area contributed by atoms with Crippen LogP contribution in [0.3, 0.4) is 0 Å². The number of hydrogen-bond donors (Lipinski definition) is 1. The predicted octanol–water partition coefficient (Wildman–Crippen LogP) is 3.58. The van der Waals surface area contributed by atoms with E-state index in [2.05, 4.69) is 61.7 Å². The van der Waals surface area contributed by atoms with Crippen LogP contribution in [0.4, 0.5) is 0 Å². The van der Waals surface area contributed by atoms with Crippen molar-refractivity contribution in [1.82, 2.24) is 5.32 Å². The van der Waals surface area contributed by atoms with E-state index >= 15 is 0 Å². The smallest absolute Gasteiger partial charge is 0.126 e. The normalized spacial score (nSPS) is 13.4. The number of ether oxygens (including phenoxy) is 1. The van der Waals surface area contributed by atoms with Crippen molar-refractivity contribution in [2.75, 3.05) is 13.2 Å². The molecule has 1 aromatic rings. The first kappa shape index (κ1) is 13.9. The number of rotatable bonds is 6. The lowest BCUT2D eigenvalue weighted by Crippen LogP contribution is -2.24. The Kier molecular flexibility index (Phi) is 5.22. The average Bonchev–Trinajstić information content (AvgIpc) is 2.63. The van der Waals surface area contributed by atoms with E-state index in [1.165, 1.54) is 11.1 Å². The summed E-state index contributed by atoms with van der Waals surface area (Å²) in [5.41, 5.74) is 2.56. The van der Waals surface area contributed by atoms with Gasteiger partial charge in [0, 0.05) is 11.6 Å². The van der Waals surface area contributed by atoms with Crippen molar-refractivity contribution in [2.24, 2.45) is 0 Å². The molecule has 102 valence electrons. The molecule has 1 aromatic carbocycles. The fraction of sp³-hybridized carbons (Fsp3) is 0.412. The molecule has 2 rings (SSSR count). The highest BCUT2D eigenvalue weighted by molar-refractivity contribution is 5.63. The maximum absolute atomic E-state index is 5.92. The monoisotopic (exact) mass is 257 g/mol. The zero-order chi connectivity index (χ0) is 13.5. The quantitative estimate of drug-likeness (QED) is 0.787. The van der Waals surface area contributed by atoms with Crippen molar-refractivity contribution in [3.8, 4) is 5.75 Å². The number of fused-ring (bicyclic) bond motifs is 1. The molecule has 0 aliphatic heterocycles. The molecule has 0 spiro atoms. The topological polar surface area (TPSA) is 21.3 Å². The van der Waals surface area contributed by atoms with E-state index in [1.807, 2.05) is 0 Å². The molecule has 0 fully saturated rings. The summed E-state index contributed by atoms with van der Waals surface area (Å²) in [5.74, 6) is 1.00. The van der Waals surface area contributed by atoms with Crippen LogP contribution in [0, 0.1) is 0 Å². The Balaban J connectivity index is 1.91. The summed E-state index contributed by atoms with van der Waals surface area (Å²) in [6.45, 7) is 6.09. The fourth-order valence-electron chi connectivity index (χ4n) is 2.15. The van der Waals surface area contributed by atoms with E-state index in [9.17, 15) is 0 Å².